The Balaban J connectivity index is 2.60. The summed E-state index contributed by atoms with van der Waals surface area (Å²) in [5.74, 6) is 0. The highest BCUT2D eigenvalue weighted by Gasteiger charge is 2.32. The van der Waals surface area contributed by atoms with Gasteiger partial charge in [0.25, 0.3) is 10.0 Å². The first-order chi connectivity index (χ1) is 8.89. The monoisotopic (exact) mass is 321 g/mol. The fraction of sp³-hybridized carbons (Fsp3) is 0.545. The van der Waals surface area contributed by atoms with Gasteiger partial charge in [-0.05, 0) is 20.3 Å². The molecule has 0 aliphatic rings. The molecule has 0 aliphatic carbocycles. The van der Waals surface area contributed by atoms with Gasteiger partial charge in [-0.15, -0.1) is 11.3 Å². The van der Waals surface area contributed by atoms with E-state index in [2.05, 4.69) is 4.98 Å². The van der Waals surface area contributed by atoms with Crippen LogP contribution in [0.1, 0.15) is 27.2 Å². The molecule has 2 aromatic rings. The zero-order valence-corrected chi connectivity index (χ0v) is 13.4. The smallest absolute Gasteiger partial charge is 0.262 e. The lowest BCUT2D eigenvalue weighted by Gasteiger charge is -2.24. The fourth-order valence-corrected chi connectivity index (χ4v) is 5.10. The summed E-state index contributed by atoms with van der Waals surface area (Å²) in [4.78, 5) is 4.67. The predicted octanol–water partition coefficient (Wildman–Crippen LogP) is 2.86. The number of halogens is 1. The third kappa shape index (κ3) is 2.52. The molecule has 106 valence electrons. The molecule has 5 nitrogen and oxygen atoms in total. The lowest BCUT2D eigenvalue weighted by Crippen LogP contribution is -2.38. The first-order valence-corrected chi connectivity index (χ1v) is 8.72. The second-order valence-corrected chi connectivity index (χ2v) is 7.51. The molecule has 0 bridgehead atoms. The maximum atomic E-state index is 12.7. The molecule has 0 atom stereocenters. The van der Waals surface area contributed by atoms with E-state index in [1.165, 1.54) is 20.0 Å². The Morgan fingerprint density at radius 2 is 2.21 bits per heavy atom. The van der Waals surface area contributed by atoms with Crippen LogP contribution in [0.4, 0.5) is 0 Å². The molecule has 2 heterocycles. The lowest BCUT2D eigenvalue weighted by molar-refractivity contribution is 0.352. The van der Waals surface area contributed by atoms with Crippen LogP contribution in [-0.2, 0) is 10.0 Å². The van der Waals surface area contributed by atoms with E-state index in [0.29, 0.717) is 11.5 Å². The molecule has 0 aliphatic heterocycles. The van der Waals surface area contributed by atoms with Crippen molar-refractivity contribution in [3.8, 4) is 0 Å². The molecular weight excluding hydrogens is 306 g/mol. The average molecular weight is 322 g/mol. The summed E-state index contributed by atoms with van der Waals surface area (Å²) in [6, 6.07) is -0.120. The van der Waals surface area contributed by atoms with Crippen molar-refractivity contribution >= 4 is 37.9 Å². The minimum absolute atomic E-state index is 0.0357. The van der Waals surface area contributed by atoms with Crippen molar-refractivity contribution in [2.75, 3.05) is 6.54 Å². The lowest BCUT2D eigenvalue weighted by atomic mass is 10.4. The Bertz CT molecular complexity index is 675. The van der Waals surface area contributed by atoms with Crippen LogP contribution in [-0.4, -0.2) is 34.7 Å². The van der Waals surface area contributed by atoms with Crippen LogP contribution in [0.5, 0.6) is 0 Å². The number of sulfonamides is 1. The first-order valence-electron chi connectivity index (χ1n) is 6.02. The van der Waals surface area contributed by atoms with Crippen LogP contribution in [0, 0.1) is 0 Å². The summed E-state index contributed by atoms with van der Waals surface area (Å²) in [5, 5.41) is 1.89. The van der Waals surface area contributed by atoms with E-state index >= 15 is 0 Å². The Morgan fingerprint density at radius 3 is 2.79 bits per heavy atom. The van der Waals surface area contributed by atoms with E-state index in [0.717, 1.165) is 6.42 Å². The van der Waals surface area contributed by atoms with Gasteiger partial charge in [-0.1, -0.05) is 18.5 Å². The largest absolute Gasteiger partial charge is 0.279 e. The van der Waals surface area contributed by atoms with Gasteiger partial charge >= 0.3 is 0 Å². The van der Waals surface area contributed by atoms with E-state index in [-0.39, 0.29) is 16.2 Å². The summed E-state index contributed by atoms with van der Waals surface area (Å²) in [6.45, 7) is 6.12. The molecule has 0 saturated carbocycles. The Morgan fingerprint density at radius 1 is 1.53 bits per heavy atom. The van der Waals surface area contributed by atoms with Gasteiger partial charge in [-0.25, -0.2) is 13.4 Å². The van der Waals surface area contributed by atoms with E-state index in [9.17, 15) is 8.42 Å². The van der Waals surface area contributed by atoms with Crippen molar-refractivity contribution in [2.45, 2.75) is 38.3 Å². The molecule has 0 saturated heterocycles. The summed E-state index contributed by atoms with van der Waals surface area (Å²) in [5.41, 5.74) is 0. The van der Waals surface area contributed by atoms with Gasteiger partial charge < -0.3 is 0 Å². The van der Waals surface area contributed by atoms with Crippen LogP contribution in [0.25, 0.3) is 4.96 Å². The molecule has 8 heteroatoms. The molecular formula is C11H16ClN3O2S2. The van der Waals surface area contributed by atoms with Gasteiger partial charge in [0.1, 0.15) is 0 Å². The van der Waals surface area contributed by atoms with Crippen molar-refractivity contribution in [1.82, 2.24) is 13.7 Å². The summed E-state index contributed by atoms with van der Waals surface area (Å²) < 4.78 is 28.5. The summed E-state index contributed by atoms with van der Waals surface area (Å²) in [6.07, 6.45) is 2.43. The molecule has 2 rings (SSSR count). The molecule has 0 fully saturated rings. The fourth-order valence-electron chi connectivity index (χ4n) is 1.96. The molecule has 2 aromatic heterocycles. The van der Waals surface area contributed by atoms with Crippen molar-refractivity contribution in [3.63, 3.8) is 0 Å². The standard InChI is InChI=1S/C11H16ClN3O2S2/c1-4-5-15(8(2)3)19(16,17)10-9(12)13-11-14(10)6-7-18-11/h6-8H,4-5H2,1-3H3. The van der Waals surface area contributed by atoms with Crippen LogP contribution < -0.4 is 0 Å². The number of rotatable bonds is 5. The number of imidazole rings is 1. The average Bonchev–Trinajstić information content (AvgIpc) is 2.83. The molecule has 0 amide bonds. The van der Waals surface area contributed by atoms with Crippen molar-refractivity contribution < 1.29 is 8.42 Å². The van der Waals surface area contributed by atoms with E-state index in [4.69, 9.17) is 11.6 Å². The quantitative estimate of drug-likeness (QED) is 0.851. The molecule has 0 aromatic carbocycles. The molecule has 0 spiro atoms. The third-order valence-corrected chi connectivity index (χ3v) is 5.98. The first kappa shape index (κ1) is 14.8. The Labute approximate surface area is 121 Å². The molecule has 0 unspecified atom stereocenters. The highest BCUT2D eigenvalue weighted by molar-refractivity contribution is 7.89. The van der Waals surface area contributed by atoms with Crippen LogP contribution in [0.15, 0.2) is 16.6 Å². The number of hydrogen-bond acceptors (Lipinski definition) is 4. The number of nitrogens with zero attached hydrogens (tertiary/aromatic N) is 3. The zero-order chi connectivity index (χ0) is 14.2. The van der Waals surface area contributed by atoms with Gasteiger partial charge in [0, 0.05) is 24.2 Å². The summed E-state index contributed by atoms with van der Waals surface area (Å²) in [7, 11) is -3.64. The van der Waals surface area contributed by atoms with Gasteiger partial charge in [0.15, 0.2) is 15.1 Å². The number of hydrogen-bond donors (Lipinski definition) is 0. The maximum absolute atomic E-state index is 12.7. The molecule has 0 radical (unpaired) electrons. The Hall–Kier alpha value is -0.630. The second-order valence-electron chi connectivity index (χ2n) is 4.47. The van der Waals surface area contributed by atoms with Gasteiger partial charge in [-0.2, -0.15) is 4.31 Å². The van der Waals surface area contributed by atoms with E-state index < -0.39 is 10.0 Å². The van der Waals surface area contributed by atoms with E-state index in [1.54, 1.807) is 11.6 Å². The van der Waals surface area contributed by atoms with Crippen LogP contribution in [0.2, 0.25) is 5.15 Å². The Kier molecular flexibility index (Phi) is 4.20. The van der Waals surface area contributed by atoms with Crippen LogP contribution >= 0.6 is 22.9 Å². The zero-order valence-electron chi connectivity index (χ0n) is 11.0. The van der Waals surface area contributed by atoms with Gasteiger partial charge in [-0.3, -0.25) is 4.40 Å². The van der Waals surface area contributed by atoms with E-state index in [1.807, 2.05) is 20.8 Å². The second kappa shape index (κ2) is 5.40. The molecule has 0 N–H and O–H groups in total. The number of aromatic nitrogens is 2. The van der Waals surface area contributed by atoms with Crippen LogP contribution in [0.3, 0.4) is 0 Å². The minimum Gasteiger partial charge on any atom is -0.279 e. The maximum Gasteiger partial charge on any atom is 0.262 e. The predicted molar refractivity (Wildman–Crippen MR) is 77.4 cm³/mol. The number of fused-ring (bicyclic) bond motifs is 1. The third-order valence-electron chi connectivity index (χ3n) is 2.75. The topological polar surface area (TPSA) is 54.7 Å². The van der Waals surface area contributed by atoms with Crippen molar-refractivity contribution in [3.05, 3.63) is 16.7 Å². The highest BCUT2D eigenvalue weighted by atomic mass is 35.5. The normalized spacial score (nSPS) is 12.9. The van der Waals surface area contributed by atoms with Gasteiger partial charge in [0.05, 0.1) is 0 Å². The number of thiazole rings is 1. The summed E-state index contributed by atoms with van der Waals surface area (Å²) >= 11 is 7.37. The van der Waals surface area contributed by atoms with Gasteiger partial charge in [0.2, 0.25) is 0 Å². The van der Waals surface area contributed by atoms with Crippen molar-refractivity contribution in [2.24, 2.45) is 0 Å². The SMILES string of the molecule is CCCN(C(C)C)S(=O)(=O)c1c(Cl)nc2sccn12. The van der Waals surface area contributed by atoms with Crippen molar-refractivity contribution in [1.29, 1.82) is 0 Å². The minimum atomic E-state index is -3.64. The highest BCUT2D eigenvalue weighted by Crippen LogP contribution is 2.28. The molecule has 19 heavy (non-hydrogen) atoms.